The molecule has 1 aliphatic heterocycles. The Balaban J connectivity index is 2.13. The van der Waals surface area contributed by atoms with Crippen molar-refractivity contribution in [3.8, 4) is 0 Å². The zero-order valence-electron chi connectivity index (χ0n) is 9.62. The molecule has 0 unspecified atom stereocenters. The zero-order valence-corrected chi connectivity index (χ0v) is 10.4. The summed E-state index contributed by atoms with van der Waals surface area (Å²) in [5.74, 6) is -0.315. The SMILES string of the molecule is CN(CC1(CO)COC1)c1cc(Cl)ccc1F. The van der Waals surface area contributed by atoms with Crippen molar-refractivity contribution in [3.63, 3.8) is 0 Å². The van der Waals surface area contributed by atoms with Crippen molar-refractivity contribution in [2.75, 3.05) is 38.3 Å². The van der Waals surface area contributed by atoms with Gasteiger partial charge in [0.15, 0.2) is 0 Å². The molecule has 1 aromatic rings. The first kappa shape index (κ1) is 12.6. The number of hydrogen-bond acceptors (Lipinski definition) is 3. The zero-order chi connectivity index (χ0) is 12.5. The van der Waals surface area contributed by atoms with Crippen LogP contribution in [0.1, 0.15) is 0 Å². The van der Waals surface area contributed by atoms with Crippen molar-refractivity contribution in [1.82, 2.24) is 0 Å². The van der Waals surface area contributed by atoms with Crippen molar-refractivity contribution in [3.05, 3.63) is 29.0 Å². The summed E-state index contributed by atoms with van der Waals surface area (Å²) in [7, 11) is 1.78. The van der Waals surface area contributed by atoms with Gasteiger partial charge in [-0.25, -0.2) is 4.39 Å². The Morgan fingerprint density at radius 2 is 2.24 bits per heavy atom. The topological polar surface area (TPSA) is 32.7 Å². The van der Waals surface area contributed by atoms with Gasteiger partial charge >= 0.3 is 0 Å². The van der Waals surface area contributed by atoms with Crippen LogP contribution in [0.4, 0.5) is 10.1 Å². The van der Waals surface area contributed by atoms with E-state index in [2.05, 4.69) is 0 Å². The maximum absolute atomic E-state index is 13.6. The largest absolute Gasteiger partial charge is 0.396 e. The number of rotatable bonds is 4. The molecule has 0 atom stereocenters. The van der Waals surface area contributed by atoms with Crippen LogP contribution in [0.15, 0.2) is 18.2 Å². The third-order valence-corrected chi connectivity index (χ3v) is 3.28. The monoisotopic (exact) mass is 259 g/mol. The van der Waals surface area contributed by atoms with Crippen molar-refractivity contribution in [2.24, 2.45) is 5.41 Å². The van der Waals surface area contributed by atoms with Crippen molar-refractivity contribution < 1.29 is 14.2 Å². The minimum Gasteiger partial charge on any atom is -0.396 e. The molecule has 1 heterocycles. The molecule has 0 spiro atoms. The number of benzene rings is 1. The molecule has 1 saturated heterocycles. The van der Waals surface area contributed by atoms with E-state index in [1.165, 1.54) is 12.1 Å². The highest BCUT2D eigenvalue weighted by Crippen LogP contribution is 2.31. The second kappa shape index (κ2) is 4.80. The maximum Gasteiger partial charge on any atom is 0.146 e. The van der Waals surface area contributed by atoms with Crippen LogP contribution in [0, 0.1) is 11.2 Å². The number of aliphatic hydroxyl groups excluding tert-OH is 1. The minimum atomic E-state index is -0.315. The first-order valence-electron chi connectivity index (χ1n) is 5.41. The molecular formula is C12H15ClFNO2. The van der Waals surface area contributed by atoms with E-state index in [0.717, 1.165) is 0 Å². The second-order valence-electron chi connectivity index (χ2n) is 4.60. The second-order valence-corrected chi connectivity index (χ2v) is 5.04. The standard InChI is InChI=1S/C12H15ClFNO2/c1-15(5-12(6-16)7-17-8-12)11-4-9(13)2-3-10(11)14/h2-4,16H,5-8H2,1H3. The van der Waals surface area contributed by atoms with Crippen LogP contribution in [0.5, 0.6) is 0 Å². The van der Waals surface area contributed by atoms with Crippen LogP contribution in [0.3, 0.4) is 0 Å². The molecule has 0 aliphatic carbocycles. The Kier molecular flexibility index (Phi) is 3.56. The fraction of sp³-hybridized carbons (Fsp3) is 0.500. The minimum absolute atomic E-state index is 0.0412. The smallest absolute Gasteiger partial charge is 0.146 e. The third kappa shape index (κ3) is 2.54. The summed E-state index contributed by atoms with van der Waals surface area (Å²) in [6.45, 7) is 1.60. The molecule has 1 aliphatic rings. The Morgan fingerprint density at radius 3 is 2.76 bits per heavy atom. The number of nitrogens with zero attached hydrogens (tertiary/aromatic N) is 1. The van der Waals surface area contributed by atoms with Crippen LogP contribution in [0.2, 0.25) is 5.02 Å². The van der Waals surface area contributed by atoms with E-state index in [1.54, 1.807) is 18.0 Å². The highest BCUT2D eigenvalue weighted by Gasteiger charge is 2.39. The van der Waals surface area contributed by atoms with Gasteiger partial charge in [-0.1, -0.05) is 11.6 Å². The Labute approximate surface area is 105 Å². The fourth-order valence-electron chi connectivity index (χ4n) is 1.99. The molecular weight excluding hydrogens is 245 g/mol. The fourth-order valence-corrected chi connectivity index (χ4v) is 2.16. The van der Waals surface area contributed by atoms with Gasteiger partial charge in [-0.3, -0.25) is 0 Å². The highest BCUT2D eigenvalue weighted by atomic mass is 35.5. The molecule has 0 radical (unpaired) electrons. The first-order chi connectivity index (χ1) is 8.06. The molecule has 0 aromatic heterocycles. The maximum atomic E-state index is 13.6. The van der Waals surface area contributed by atoms with Crippen LogP contribution in [-0.4, -0.2) is 38.5 Å². The molecule has 5 heteroatoms. The van der Waals surface area contributed by atoms with Gasteiger partial charge < -0.3 is 14.7 Å². The van der Waals surface area contributed by atoms with Crippen molar-refractivity contribution >= 4 is 17.3 Å². The van der Waals surface area contributed by atoms with Crippen LogP contribution < -0.4 is 4.90 Å². The average Bonchev–Trinajstić information content (AvgIpc) is 2.26. The van der Waals surface area contributed by atoms with Gasteiger partial charge in [-0.15, -0.1) is 0 Å². The number of hydrogen-bond donors (Lipinski definition) is 1. The lowest BCUT2D eigenvalue weighted by atomic mass is 9.86. The van der Waals surface area contributed by atoms with Crippen molar-refractivity contribution in [1.29, 1.82) is 0 Å². The molecule has 1 N–H and O–H groups in total. The summed E-state index contributed by atoms with van der Waals surface area (Å²) in [5.41, 5.74) is 0.168. The highest BCUT2D eigenvalue weighted by molar-refractivity contribution is 6.30. The van der Waals surface area contributed by atoms with E-state index in [1.807, 2.05) is 0 Å². The quantitative estimate of drug-likeness (QED) is 0.897. The van der Waals surface area contributed by atoms with Crippen molar-refractivity contribution in [2.45, 2.75) is 0 Å². The van der Waals surface area contributed by atoms with Crippen LogP contribution in [0.25, 0.3) is 0 Å². The molecule has 0 bridgehead atoms. The number of anilines is 1. The molecule has 0 saturated carbocycles. The van der Waals surface area contributed by atoms with Gasteiger partial charge in [0.1, 0.15) is 5.82 Å². The summed E-state index contributed by atoms with van der Waals surface area (Å²) in [4.78, 5) is 1.76. The Morgan fingerprint density at radius 1 is 1.53 bits per heavy atom. The number of aliphatic hydroxyl groups is 1. The summed E-state index contributed by atoms with van der Waals surface area (Å²) in [6, 6.07) is 4.45. The van der Waals surface area contributed by atoms with Gasteiger partial charge in [0, 0.05) is 18.6 Å². The first-order valence-corrected chi connectivity index (χ1v) is 5.79. The summed E-state index contributed by atoms with van der Waals surface area (Å²) in [5, 5.41) is 9.83. The molecule has 0 amide bonds. The van der Waals surface area contributed by atoms with Gasteiger partial charge in [0.25, 0.3) is 0 Å². The average molecular weight is 260 g/mol. The molecule has 17 heavy (non-hydrogen) atoms. The Bertz CT molecular complexity index is 404. The molecule has 2 rings (SSSR count). The molecule has 3 nitrogen and oxygen atoms in total. The van der Waals surface area contributed by atoms with E-state index in [9.17, 15) is 9.50 Å². The van der Waals surface area contributed by atoms with E-state index in [4.69, 9.17) is 16.3 Å². The number of ether oxygens (including phenoxy) is 1. The van der Waals surface area contributed by atoms with E-state index < -0.39 is 0 Å². The normalized spacial score (nSPS) is 17.6. The Hall–Kier alpha value is -0.840. The lowest BCUT2D eigenvalue weighted by molar-refractivity contribution is -0.130. The van der Waals surface area contributed by atoms with Crippen LogP contribution >= 0.6 is 11.6 Å². The molecule has 1 aromatic carbocycles. The van der Waals surface area contributed by atoms with Gasteiger partial charge in [-0.05, 0) is 18.2 Å². The van der Waals surface area contributed by atoms with Gasteiger partial charge in [0.05, 0.1) is 30.9 Å². The predicted molar refractivity (Wildman–Crippen MR) is 65.0 cm³/mol. The van der Waals surface area contributed by atoms with Gasteiger partial charge in [-0.2, -0.15) is 0 Å². The summed E-state index contributed by atoms with van der Waals surface area (Å²) < 4.78 is 18.7. The summed E-state index contributed by atoms with van der Waals surface area (Å²) >= 11 is 5.85. The van der Waals surface area contributed by atoms with E-state index >= 15 is 0 Å². The molecule has 94 valence electrons. The summed E-state index contributed by atoms with van der Waals surface area (Å²) in [6.07, 6.45) is 0. The van der Waals surface area contributed by atoms with E-state index in [0.29, 0.717) is 30.5 Å². The lowest BCUT2D eigenvalue weighted by Gasteiger charge is -2.42. The number of halogens is 2. The van der Waals surface area contributed by atoms with Crippen LogP contribution in [-0.2, 0) is 4.74 Å². The van der Waals surface area contributed by atoms with Gasteiger partial charge in [0.2, 0.25) is 0 Å². The predicted octanol–water partition coefficient (Wildman–Crippen LogP) is 1.92. The van der Waals surface area contributed by atoms with E-state index in [-0.39, 0.29) is 17.8 Å². The lowest BCUT2D eigenvalue weighted by Crippen LogP contribution is -2.52. The third-order valence-electron chi connectivity index (χ3n) is 3.04. The molecule has 1 fully saturated rings.